The van der Waals surface area contributed by atoms with E-state index in [1.165, 1.54) is 0 Å². The van der Waals surface area contributed by atoms with Gasteiger partial charge in [-0.15, -0.1) is 0 Å². The lowest BCUT2D eigenvalue weighted by atomic mass is 10.3. The molecule has 0 aromatic carbocycles. The highest BCUT2D eigenvalue weighted by Crippen LogP contribution is 1.82. The zero-order valence-corrected chi connectivity index (χ0v) is 10.8. The number of rotatable bonds is 2. The number of hydrogen-bond donors (Lipinski definition) is 6. The molecule has 0 aliphatic rings. The second-order valence-electron chi connectivity index (χ2n) is 3.11. The predicted octanol–water partition coefficient (Wildman–Crippen LogP) is -1.05. The van der Waals surface area contributed by atoms with Crippen LogP contribution < -0.4 is 0 Å². The first kappa shape index (κ1) is 20.4. The van der Waals surface area contributed by atoms with Gasteiger partial charge in [0.15, 0.2) is 0 Å². The Labute approximate surface area is 91.9 Å². The molecule has 0 aromatic rings. The highest BCUT2D eigenvalue weighted by Gasteiger charge is 2.22. The zero-order chi connectivity index (χ0) is 13.1. The van der Waals surface area contributed by atoms with Crippen molar-refractivity contribution in [2.24, 2.45) is 0 Å². The average molecular weight is 244 g/mol. The van der Waals surface area contributed by atoms with E-state index in [-0.39, 0.29) is 12.2 Å². The Bertz CT molecular complexity index is 98.2. The lowest BCUT2D eigenvalue weighted by molar-refractivity contribution is 0.117. The molecule has 96 valence electrons. The Morgan fingerprint density at radius 2 is 0.867 bits per heavy atom. The smallest absolute Gasteiger partial charge is 0.393 e. The topological polar surface area (TPSA) is 121 Å². The monoisotopic (exact) mass is 244 g/mol. The minimum absolute atomic E-state index is 0.116. The van der Waals surface area contributed by atoms with Gasteiger partial charge in [0.1, 0.15) is 0 Å². The van der Waals surface area contributed by atoms with Gasteiger partial charge in [0.2, 0.25) is 0 Å². The molecular weight excluding hydrogens is 220 g/mol. The summed E-state index contributed by atoms with van der Waals surface area (Å²) in [7, 11) is -4.61. The lowest BCUT2D eigenvalue weighted by Gasteiger charge is -1.91. The van der Waals surface area contributed by atoms with Crippen LogP contribution in [0.15, 0.2) is 0 Å². The van der Waals surface area contributed by atoms with E-state index in [0.29, 0.717) is 0 Å². The molecule has 7 heteroatoms. The molecule has 0 saturated heterocycles. The van der Waals surface area contributed by atoms with Crippen molar-refractivity contribution in [3.05, 3.63) is 0 Å². The van der Waals surface area contributed by atoms with Crippen molar-refractivity contribution in [1.82, 2.24) is 0 Å². The molecule has 2 unspecified atom stereocenters. The van der Waals surface area contributed by atoms with Crippen molar-refractivity contribution in [2.75, 3.05) is 0 Å². The third-order valence-electron chi connectivity index (χ3n) is 1.18. The van der Waals surface area contributed by atoms with Crippen LogP contribution in [0.2, 0.25) is 0 Å². The molecule has 0 rings (SSSR count). The highest BCUT2D eigenvalue weighted by molar-refractivity contribution is 6.46. The van der Waals surface area contributed by atoms with E-state index < -0.39 is 9.05 Å². The Kier molecular flexibility index (Phi) is 16.4. The molecular formula is C8H24O6Si. The fourth-order valence-electron chi connectivity index (χ4n) is 0. The second-order valence-corrected chi connectivity index (χ2v) is 4.31. The van der Waals surface area contributed by atoms with Crippen molar-refractivity contribution < 1.29 is 29.4 Å². The Morgan fingerprint density at radius 3 is 0.867 bits per heavy atom. The summed E-state index contributed by atoms with van der Waals surface area (Å²) in [5, 5.41) is 16.7. The number of aliphatic hydroxyl groups excluding tert-OH is 2. The molecule has 0 heterocycles. The molecule has 0 aromatic heterocycles. The Balaban J connectivity index is -0.000000144. The van der Waals surface area contributed by atoms with Gasteiger partial charge in [-0.25, -0.2) is 0 Å². The molecule has 0 saturated carbocycles. The predicted molar refractivity (Wildman–Crippen MR) is 58.6 cm³/mol. The lowest BCUT2D eigenvalue weighted by Crippen LogP contribution is -2.33. The summed E-state index contributed by atoms with van der Waals surface area (Å²) in [6.45, 7) is 7.45. The minimum Gasteiger partial charge on any atom is -0.393 e. The van der Waals surface area contributed by atoms with Crippen molar-refractivity contribution >= 4 is 9.05 Å². The van der Waals surface area contributed by atoms with Crippen molar-refractivity contribution in [3.63, 3.8) is 0 Å². The standard InChI is InChI=1S/2C4H10O.H4O4Si/c2*1-3-4(2)5;1-5(2,3)4/h2*4-5H,3H2,1-2H3;1-4H. The molecule has 0 amide bonds. The van der Waals surface area contributed by atoms with Crippen LogP contribution in [0.4, 0.5) is 0 Å². The molecule has 0 bridgehead atoms. The summed E-state index contributed by atoms with van der Waals surface area (Å²) >= 11 is 0. The van der Waals surface area contributed by atoms with Gasteiger partial charge < -0.3 is 29.4 Å². The fourth-order valence-corrected chi connectivity index (χ4v) is 0. The summed E-state index contributed by atoms with van der Waals surface area (Å²) in [5.74, 6) is 0. The van der Waals surface area contributed by atoms with Gasteiger partial charge in [0.05, 0.1) is 12.2 Å². The molecule has 15 heavy (non-hydrogen) atoms. The molecule has 0 fully saturated rings. The molecule has 0 aliphatic carbocycles. The summed E-state index contributed by atoms with van der Waals surface area (Å²) in [4.78, 5) is 29.3. The van der Waals surface area contributed by atoms with Crippen LogP contribution in [0.5, 0.6) is 0 Å². The van der Waals surface area contributed by atoms with E-state index in [2.05, 4.69) is 0 Å². The van der Waals surface area contributed by atoms with Gasteiger partial charge in [-0.05, 0) is 26.7 Å². The van der Waals surface area contributed by atoms with E-state index in [1.807, 2.05) is 13.8 Å². The zero-order valence-electron chi connectivity index (χ0n) is 9.75. The van der Waals surface area contributed by atoms with Crippen LogP contribution >= 0.6 is 0 Å². The van der Waals surface area contributed by atoms with Crippen molar-refractivity contribution in [3.8, 4) is 0 Å². The van der Waals surface area contributed by atoms with Gasteiger partial charge >= 0.3 is 9.05 Å². The van der Waals surface area contributed by atoms with Crippen LogP contribution in [0.3, 0.4) is 0 Å². The maximum Gasteiger partial charge on any atom is 0.668 e. The van der Waals surface area contributed by atoms with E-state index in [0.717, 1.165) is 12.8 Å². The van der Waals surface area contributed by atoms with E-state index in [9.17, 15) is 0 Å². The van der Waals surface area contributed by atoms with E-state index in [1.54, 1.807) is 13.8 Å². The molecule has 0 aliphatic heterocycles. The summed E-state index contributed by atoms with van der Waals surface area (Å²) in [6, 6.07) is 0. The van der Waals surface area contributed by atoms with E-state index in [4.69, 9.17) is 29.4 Å². The van der Waals surface area contributed by atoms with Crippen LogP contribution in [0.25, 0.3) is 0 Å². The fraction of sp³-hybridized carbons (Fsp3) is 1.00. The molecule has 6 N–H and O–H groups in total. The van der Waals surface area contributed by atoms with Crippen LogP contribution in [0, 0.1) is 0 Å². The van der Waals surface area contributed by atoms with Gasteiger partial charge in [-0.1, -0.05) is 13.8 Å². The largest absolute Gasteiger partial charge is 0.668 e. The Morgan fingerprint density at radius 1 is 0.800 bits per heavy atom. The first-order valence-electron chi connectivity index (χ1n) is 4.80. The van der Waals surface area contributed by atoms with Crippen LogP contribution in [-0.2, 0) is 0 Å². The summed E-state index contributed by atoms with van der Waals surface area (Å²) in [5.41, 5.74) is 0. The SMILES string of the molecule is CCC(C)O.CCC(C)O.O[Si](O)(O)O. The first-order chi connectivity index (χ1) is 6.54. The first-order valence-corrected chi connectivity index (χ1v) is 6.59. The third-order valence-corrected chi connectivity index (χ3v) is 1.18. The van der Waals surface area contributed by atoms with Crippen LogP contribution in [0.1, 0.15) is 40.5 Å². The van der Waals surface area contributed by atoms with Gasteiger partial charge in [-0.3, -0.25) is 0 Å². The normalized spacial score (nSPS) is 14.0. The van der Waals surface area contributed by atoms with Crippen LogP contribution in [-0.4, -0.2) is 50.7 Å². The summed E-state index contributed by atoms with van der Waals surface area (Å²) < 4.78 is 0. The maximum absolute atomic E-state index is 8.36. The third kappa shape index (κ3) is 127. The molecule has 0 spiro atoms. The highest BCUT2D eigenvalue weighted by atomic mass is 28.4. The molecule has 0 radical (unpaired) electrons. The molecule has 2 atom stereocenters. The maximum atomic E-state index is 8.36. The minimum atomic E-state index is -4.61. The van der Waals surface area contributed by atoms with Gasteiger partial charge in [0.25, 0.3) is 0 Å². The van der Waals surface area contributed by atoms with Gasteiger partial charge in [-0.2, -0.15) is 0 Å². The van der Waals surface area contributed by atoms with E-state index >= 15 is 0 Å². The van der Waals surface area contributed by atoms with Gasteiger partial charge in [0, 0.05) is 0 Å². The molecule has 6 nitrogen and oxygen atoms in total. The summed E-state index contributed by atoms with van der Waals surface area (Å²) in [6.07, 6.45) is 1.49. The van der Waals surface area contributed by atoms with Crippen molar-refractivity contribution in [2.45, 2.75) is 52.7 Å². The van der Waals surface area contributed by atoms with Crippen molar-refractivity contribution in [1.29, 1.82) is 0 Å². The Hall–Kier alpha value is -0.0231. The second kappa shape index (κ2) is 12.0. The number of aliphatic hydroxyl groups is 2. The average Bonchev–Trinajstić information content (AvgIpc) is 2.02. The quantitative estimate of drug-likeness (QED) is 0.345. The number of hydrogen-bond acceptors (Lipinski definition) is 6.